The van der Waals surface area contributed by atoms with E-state index >= 15 is 0 Å². The van der Waals surface area contributed by atoms with Crippen LogP contribution in [0.5, 0.6) is 5.75 Å². The highest BCUT2D eigenvalue weighted by Gasteiger charge is 2.06. The van der Waals surface area contributed by atoms with Crippen LogP contribution in [0.4, 0.5) is 5.69 Å². The van der Waals surface area contributed by atoms with E-state index in [0.717, 1.165) is 28.4 Å². The molecule has 0 amide bonds. The lowest BCUT2D eigenvalue weighted by atomic mass is 10.2. The predicted molar refractivity (Wildman–Crippen MR) is 68.2 cm³/mol. The first-order valence-corrected chi connectivity index (χ1v) is 5.40. The molecule has 0 spiro atoms. The van der Waals surface area contributed by atoms with Crippen molar-refractivity contribution in [3.05, 3.63) is 42.0 Å². The number of ether oxygens (including phenoxy) is 1. The predicted octanol–water partition coefficient (Wildman–Crippen LogP) is 2.87. The van der Waals surface area contributed by atoms with Gasteiger partial charge in [0, 0.05) is 6.20 Å². The Balaban J connectivity index is 2.42. The van der Waals surface area contributed by atoms with Gasteiger partial charge in [-0.25, -0.2) is 9.98 Å². The number of aliphatic imine (C=N–C) groups is 1. The Morgan fingerprint density at radius 2 is 2.24 bits per heavy atom. The van der Waals surface area contributed by atoms with Gasteiger partial charge in [-0.1, -0.05) is 12.1 Å². The molecule has 0 saturated heterocycles. The first kappa shape index (κ1) is 11.4. The minimum atomic E-state index is 0.808. The van der Waals surface area contributed by atoms with Gasteiger partial charge in [-0.2, -0.15) is 0 Å². The molecule has 1 aromatic heterocycles. The number of methoxy groups -OCH3 is 1. The van der Waals surface area contributed by atoms with E-state index in [-0.39, 0.29) is 0 Å². The molecule has 4 heteroatoms. The summed E-state index contributed by atoms with van der Waals surface area (Å²) < 4.78 is 5.36. The molecule has 0 bridgehead atoms. The number of H-pyrrole nitrogens is 1. The number of rotatable bonds is 3. The lowest BCUT2D eigenvalue weighted by molar-refractivity contribution is 0.413. The quantitative estimate of drug-likeness (QED) is 0.823. The number of aryl methyl sites for hydroxylation is 1. The zero-order valence-corrected chi connectivity index (χ0v) is 10.2. The van der Waals surface area contributed by atoms with Gasteiger partial charge in [-0.15, -0.1) is 0 Å². The van der Waals surface area contributed by atoms with E-state index in [1.807, 2.05) is 38.2 Å². The van der Waals surface area contributed by atoms with Crippen molar-refractivity contribution in [1.82, 2.24) is 9.97 Å². The summed E-state index contributed by atoms with van der Waals surface area (Å²) in [5, 5.41) is 0. The minimum Gasteiger partial charge on any atom is -0.494 e. The largest absolute Gasteiger partial charge is 0.494 e. The van der Waals surface area contributed by atoms with Crippen LogP contribution in [0.2, 0.25) is 0 Å². The zero-order chi connectivity index (χ0) is 12.3. The van der Waals surface area contributed by atoms with Crippen LogP contribution in [0, 0.1) is 6.92 Å². The maximum Gasteiger partial charge on any atom is 0.147 e. The number of nitrogens with one attached hydrogen (secondary N) is 1. The average Bonchev–Trinajstić information content (AvgIpc) is 2.82. The topological polar surface area (TPSA) is 50.3 Å². The van der Waals surface area contributed by atoms with E-state index in [9.17, 15) is 0 Å². The number of nitrogens with zero attached hydrogens (tertiary/aromatic N) is 2. The number of hydrogen-bond acceptors (Lipinski definition) is 3. The molecule has 2 aromatic rings. The molecule has 0 saturated carbocycles. The van der Waals surface area contributed by atoms with Gasteiger partial charge >= 0.3 is 0 Å². The van der Waals surface area contributed by atoms with Crippen molar-refractivity contribution in [2.75, 3.05) is 7.11 Å². The van der Waals surface area contributed by atoms with E-state index in [0.29, 0.717) is 0 Å². The van der Waals surface area contributed by atoms with Crippen LogP contribution >= 0.6 is 0 Å². The zero-order valence-electron chi connectivity index (χ0n) is 10.2. The molecule has 0 radical (unpaired) electrons. The fraction of sp³-hybridized carbons (Fsp3) is 0.231. The Hall–Kier alpha value is -2.10. The lowest BCUT2D eigenvalue weighted by Crippen LogP contribution is -1.95. The molecule has 0 unspecified atom stereocenters. The lowest BCUT2D eigenvalue weighted by Gasteiger charge is -2.07. The molecule has 0 aliphatic rings. The molecule has 1 N–H and O–H groups in total. The van der Waals surface area contributed by atoms with E-state index < -0.39 is 0 Å². The van der Waals surface area contributed by atoms with Crippen LogP contribution in [0.15, 0.2) is 35.7 Å². The molecule has 88 valence electrons. The Labute approximate surface area is 100 Å². The van der Waals surface area contributed by atoms with Crippen molar-refractivity contribution in [2.45, 2.75) is 13.8 Å². The summed E-state index contributed by atoms with van der Waals surface area (Å²) in [6.07, 6.45) is 3.46. The Bertz CT molecular complexity index is 530. The third-order valence-corrected chi connectivity index (χ3v) is 2.55. The normalized spacial score (nSPS) is 11.6. The van der Waals surface area contributed by atoms with Crippen LogP contribution in [0.1, 0.15) is 18.2 Å². The first-order valence-electron chi connectivity index (χ1n) is 5.40. The fourth-order valence-electron chi connectivity index (χ4n) is 1.69. The number of aromatic amines is 1. The van der Waals surface area contributed by atoms with E-state index in [1.165, 1.54) is 0 Å². The standard InChI is InChI=1S/C13H15N3O/c1-9-5-4-6-11(13(9)17-3)16-10(2)12-7-14-8-15-12/h4-8H,1-3H3,(H,14,15). The van der Waals surface area contributed by atoms with Crippen molar-refractivity contribution < 1.29 is 4.74 Å². The van der Waals surface area contributed by atoms with Crippen molar-refractivity contribution in [3.63, 3.8) is 0 Å². The molecular formula is C13H15N3O. The summed E-state index contributed by atoms with van der Waals surface area (Å²) in [6.45, 7) is 3.93. The van der Waals surface area contributed by atoms with E-state index in [4.69, 9.17) is 4.74 Å². The smallest absolute Gasteiger partial charge is 0.147 e. The van der Waals surface area contributed by atoms with Gasteiger partial charge in [-0.3, -0.25) is 0 Å². The van der Waals surface area contributed by atoms with Crippen LogP contribution in [-0.2, 0) is 0 Å². The third-order valence-electron chi connectivity index (χ3n) is 2.55. The maximum absolute atomic E-state index is 5.36. The SMILES string of the molecule is COc1c(C)cccc1N=C(C)c1c[nH]cn1. The number of imidazole rings is 1. The van der Waals surface area contributed by atoms with Gasteiger partial charge in [-0.05, 0) is 25.5 Å². The van der Waals surface area contributed by atoms with Crippen molar-refractivity contribution in [1.29, 1.82) is 0 Å². The van der Waals surface area contributed by atoms with Crippen LogP contribution in [0.25, 0.3) is 0 Å². The second-order valence-corrected chi connectivity index (χ2v) is 3.78. The highest BCUT2D eigenvalue weighted by molar-refractivity contribution is 5.98. The van der Waals surface area contributed by atoms with E-state index in [2.05, 4.69) is 15.0 Å². The molecule has 0 atom stereocenters. The van der Waals surface area contributed by atoms with Crippen LogP contribution in [0.3, 0.4) is 0 Å². The number of benzene rings is 1. The highest BCUT2D eigenvalue weighted by Crippen LogP contribution is 2.30. The average molecular weight is 229 g/mol. The second kappa shape index (κ2) is 4.82. The molecule has 1 aromatic carbocycles. The van der Waals surface area contributed by atoms with Gasteiger partial charge in [0.2, 0.25) is 0 Å². The Morgan fingerprint density at radius 1 is 1.41 bits per heavy atom. The fourth-order valence-corrected chi connectivity index (χ4v) is 1.69. The summed E-state index contributed by atoms with van der Waals surface area (Å²) in [6, 6.07) is 5.90. The van der Waals surface area contributed by atoms with Gasteiger partial charge in [0.05, 0.1) is 19.1 Å². The van der Waals surface area contributed by atoms with Crippen molar-refractivity contribution >= 4 is 11.4 Å². The van der Waals surface area contributed by atoms with Gasteiger partial charge in [0.15, 0.2) is 0 Å². The second-order valence-electron chi connectivity index (χ2n) is 3.78. The van der Waals surface area contributed by atoms with Crippen molar-refractivity contribution in [2.24, 2.45) is 4.99 Å². The van der Waals surface area contributed by atoms with Crippen LogP contribution in [-0.4, -0.2) is 22.8 Å². The molecule has 0 aliphatic heterocycles. The molecule has 0 aliphatic carbocycles. The Morgan fingerprint density at radius 3 is 2.88 bits per heavy atom. The number of para-hydroxylation sites is 1. The summed E-state index contributed by atoms with van der Waals surface area (Å²) in [5.74, 6) is 0.808. The molecular weight excluding hydrogens is 214 g/mol. The van der Waals surface area contributed by atoms with E-state index in [1.54, 1.807) is 13.4 Å². The molecule has 2 rings (SSSR count). The molecule has 0 fully saturated rings. The maximum atomic E-state index is 5.36. The number of aromatic nitrogens is 2. The highest BCUT2D eigenvalue weighted by atomic mass is 16.5. The molecule has 17 heavy (non-hydrogen) atoms. The van der Waals surface area contributed by atoms with Gasteiger partial charge < -0.3 is 9.72 Å². The van der Waals surface area contributed by atoms with Gasteiger partial charge in [0.25, 0.3) is 0 Å². The molecule has 4 nitrogen and oxygen atoms in total. The summed E-state index contributed by atoms with van der Waals surface area (Å²) in [7, 11) is 1.66. The van der Waals surface area contributed by atoms with Gasteiger partial charge in [0.1, 0.15) is 17.1 Å². The summed E-state index contributed by atoms with van der Waals surface area (Å²) in [4.78, 5) is 11.6. The van der Waals surface area contributed by atoms with Crippen molar-refractivity contribution in [3.8, 4) is 5.75 Å². The van der Waals surface area contributed by atoms with Crippen LogP contribution < -0.4 is 4.74 Å². The molecule has 1 heterocycles. The monoisotopic (exact) mass is 229 g/mol. The Kier molecular flexibility index (Phi) is 3.23. The third kappa shape index (κ3) is 2.36. The number of hydrogen-bond donors (Lipinski definition) is 1. The summed E-state index contributed by atoms with van der Waals surface area (Å²) >= 11 is 0. The first-order chi connectivity index (χ1) is 8.22. The minimum absolute atomic E-state index is 0.808. The summed E-state index contributed by atoms with van der Waals surface area (Å²) in [5.41, 5.74) is 3.60.